The summed E-state index contributed by atoms with van der Waals surface area (Å²) in [6.07, 6.45) is 3.48. The Hall–Kier alpha value is -1.99. The van der Waals surface area contributed by atoms with Gasteiger partial charge in [0.05, 0.1) is 25.9 Å². The highest BCUT2D eigenvalue weighted by Crippen LogP contribution is 2.20. The Kier molecular flexibility index (Phi) is 6.29. The molecular formula is C15H21N3O4. The number of nitrogens with one attached hydrogen (secondary N) is 1. The van der Waals surface area contributed by atoms with Crippen molar-refractivity contribution >= 4 is 11.9 Å². The van der Waals surface area contributed by atoms with Crippen molar-refractivity contribution in [3.05, 3.63) is 30.1 Å². The Bertz CT molecular complexity index is 489. The Balaban J connectivity index is 2.01. The SMILES string of the molecule is CCOC(=O)C(=O)NC[C@@H](c1cccnc1)N1CCOCC1. The second-order valence-electron chi connectivity index (χ2n) is 4.88. The van der Waals surface area contributed by atoms with Crippen LogP contribution < -0.4 is 5.32 Å². The zero-order chi connectivity index (χ0) is 15.8. The largest absolute Gasteiger partial charge is 0.459 e. The molecule has 1 aromatic rings. The Labute approximate surface area is 129 Å². The smallest absolute Gasteiger partial charge is 0.396 e. The van der Waals surface area contributed by atoms with E-state index < -0.39 is 11.9 Å². The first-order valence-electron chi connectivity index (χ1n) is 7.39. The third-order valence-corrected chi connectivity index (χ3v) is 3.47. The first-order chi connectivity index (χ1) is 10.7. The number of hydrogen-bond acceptors (Lipinski definition) is 6. The summed E-state index contributed by atoms with van der Waals surface area (Å²) >= 11 is 0. The van der Waals surface area contributed by atoms with Crippen LogP contribution in [0.3, 0.4) is 0 Å². The van der Waals surface area contributed by atoms with Gasteiger partial charge in [0, 0.05) is 32.0 Å². The van der Waals surface area contributed by atoms with Gasteiger partial charge in [0.25, 0.3) is 0 Å². The van der Waals surface area contributed by atoms with Crippen LogP contribution in [-0.2, 0) is 19.1 Å². The Morgan fingerprint density at radius 3 is 2.86 bits per heavy atom. The molecule has 1 atom stereocenters. The summed E-state index contributed by atoms with van der Waals surface area (Å²) in [5.74, 6) is -1.57. The molecule has 0 aliphatic carbocycles. The van der Waals surface area contributed by atoms with Crippen LogP contribution in [0.5, 0.6) is 0 Å². The summed E-state index contributed by atoms with van der Waals surface area (Å²) in [4.78, 5) is 29.4. The first kappa shape index (κ1) is 16.4. The average molecular weight is 307 g/mol. The summed E-state index contributed by atoms with van der Waals surface area (Å²) in [7, 11) is 0. The number of ether oxygens (including phenoxy) is 2. The Morgan fingerprint density at radius 2 is 2.23 bits per heavy atom. The molecule has 1 fully saturated rings. The van der Waals surface area contributed by atoms with E-state index in [4.69, 9.17) is 9.47 Å². The van der Waals surface area contributed by atoms with Gasteiger partial charge in [-0.3, -0.25) is 14.7 Å². The number of esters is 1. The molecule has 7 heteroatoms. The lowest BCUT2D eigenvalue weighted by molar-refractivity contribution is -0.154. The fourth-order valence-electron chi connectivity index (χ4n) is 2.38. The lowest BCUT2D eigenvalue weighted by Gasteiger charge is -2.34. The van der Waals surface area contributed by atoms with Gasteiger partial charge in [0.1, 0.15) is 0 Å². The van der Waals surface area contributed by atoms with Gasteiger partial charge >= 0.3 is 11.9 Å². The van der Waals surface area contributed by atoms with Crippen LogP contribution in [0.25, 0.3) is 0 Å². The number of pyridine rings is 1. The molecule has 0 spiro atoms. The highest BCUT2D eigenvalue weighted by Gasteiger charge is 2.24. The first-order valence-corrected chi connectivity index (χ1v) is 7.39. The van der Waals surface area contributed by atoms with E-state index in [1.165, 1.54) is 0 Å². The normalized spacial score (nSPS) is 16.8. The van der Waals surface area contributed by atoms with Crippen molar-refractivity contribution in [2.24, 2.45) is 0 Å². The summed E-state index contributed by atoms with van der Waals surface area (Å²) in [5.41, 5.74) is 0.994. The molecule has 0 aromatic carbocycles. The van der Waals surface area contributed by atoms with Crippen molar-refractivity contribution in [3.8, 4) is 0 Å². The number of aromatic nitrogens is 1. The van der Waals surface area contributed by atoms with E-state index >= 15 is 0 Å². The third-order valence-electron chi connectivity index (χ3n) is 3.47. The zero-order valence-corrected chi connectivity index (χ0v) is 12.7. The standard InChI is InChI=1S/C15H21N3O4/c1-2-22-15(20)14(19)17-11-13(12-4-3-5-16-10-12)18-6-8-21-9-7-18/h3-5,10,13H,2,6-9,11H2,1H3,(H,17,19)/t13-/m0/s1. The maximum Gasteiger partial charge on any atom is 0.396 e. The summed E-state index contributed by atoms with van der Waals surface area (Å²) < 4.78 is 10.1. The molecular weight excluding hydrogens is 286 g/mol. The average Bonchev–Trinajstić information content (AvgIpc) is 2.57. The van der Waals surface area contributed by atoms with Crippen molar-refractivity contribution < 1.29 is 19.1 Å². The van der Waals surface area contributed by atoms with Crippen LogP contribution in [0.4, 0.5) is 0 Å². The van der Waals surface area contributed by atoms with Gasteiger partial charge in [-0.05, 0) is 18.6 Å². The quantitative estimate of drug-likeness (QED) is 0.615. The topological polar surface area (TPSA) is 80.8 Å². The Morgan fingerprint density at radius 1 is 1.45 bits per heavy atom. The second kappa shape index (κ2) is 8.45. The van der Waals surface area contributed by atoms with Crippen LogP contribution >= 0.6 is 0 Å². The molecule has 1 N–H and O–H groups in total. The van der Waals surface area contributed by atoms with Crippen LogP contribution in [0, 0.1) is 0 Å². The van der Waals surface area contributed by atoms with Crippen molar-refractivity contribution in [2.75, 3.05) is 39.5 Å². The molecule has 0 radical (unpaired) electrons. The van der Waals surface area contributed by atoms with Gasteiger partial charge < -0.3 is 14.8 Å². The molecule has 1 aliphatic rings. The maximum absolute atomic E-state index is 11.7. The molecule has 1 aliphatic heterocycles. The zero-order valence-electron chi connectivity index (χ0n) is 12.7. The third kappa shape index (κ3) is 4.51. The molecule has 2 rings (SSSR count). The number of morpholine rings is 1. The maximum atomic E-state index is 11.7. The van der Waals surface area contributed by atoms with E-state index in [0.717, 1.165) is 18.7 Å². The monoisotopic (exact) mass is 307 g/mol. The molecule has 22 heavy (non-hydrogen) atoms. The molecule has 120 valence electrons. The molecule has 7 nitrogen and oxygen atoms in total. The minimum atomic E-state index is -0.852. The van der Waals surface area contributed by atoms with Crippen LogP contribution in [0.15, 0.2) is 24.5 Å². The number of nitrogens with zero attached hydrogens (tertiary/aromatic N) is 2. The predicted molar refractivity (Wildman–Crippen MR) is 79.0 cm³/mol. The van der Waals surface area contributed by atoms with E-state index in [1.54, 1.807) is 19.3 Å². The highest BCUT2D eigenvalue weighted by molar-refractivity contribution is 6.32. The molecule has 1 aromatic heterocycles. The van der Waals surface area contributed by atoms with Crippen molar-refractivity contribution in [1.29, 1.82) is 0 Å². The molecule has 0 bridgehead atoms. The van der Waals surface area contributed by atoms with Crippen LogP contribution in [-0.4, -0.2) is 61.2 Å². The van der Waals surface area contributed by atoms with Crippen molar-refractivity contribution in [2.45, 2.75) is 13.0 Å². The fourth-order valence-corrected chi connectivity index (χ4v) is 2.38. The van der Waals surface area contributed by atoms with E-state index in [2.05, 4.69) is 15.2 Å². The van der Waals surface area contributed by atoms with E-state index in [9.17, 15) is 9.59 Å². The number of carbonyl (C=O) groups is 2. The van der Waals surface area contributed by atoms with Crippen LogP contribution in [0.1, 0.15) is 18.5 Å². The molecule has 1 amide bonds. The minimum Gasteiger partial charge on any atom is -0.459 e. The van der Waals surface area contributed by atoms with Crippen LogP contribution in [0.2, 0.25) is 0 Å². The fraction of sp³-hybridized carbons (Fsp3) is 0.533. The van der Waals surface area contributed by atoms with Gasteiger partial charge in [-0.25, -0.2) is 4.79 Å². The van der Waals surface area contributed by atoms with E-state index in [1.807, 2.05) is 12.1 Å². The van der Waals surface area contributed by atoms with Gasteiger partial charge in [-0.15, -0.1) is 0 Å². The molecule has 0 unspecified atom stereocenters. The molecule has 2 heterocycles. The van der Waals surface area contributed by atoms with Gasteiger partial charge in [-0.2, -0.15) is 0 Å². The van der Waals surface area contributed by atoms with Gasteiger partial charge in [-0.1, -0.05) is 6.07 Å². The number of amides is 1. The molecule has 1 saturated heterocycles. The second-order valence-corrected chi connectivity index (χ2v) is 4.88. The lowest BCUT2D eigenvalue weighted by Crippen LogP contribution is -2.45. The van der Waals surface area contributed by atoms with Crippen molar-refractivity contribution in [1.82, 2.24) is 15.2 Å². The van der Waals surface area contributed by atoms with E-state index in [0.29, 0.717) is 19.8 Å². The number of rotatable bonds is 5. The number of hydrogen-bond donors (Lipinski definition) is 1. The van der Waals surface area contributed by atoms with Gasteiger partial charge in [0.15, 0.2) is 0 Å². The summed E-state index contributed by atoms with van der Waals surface area (Å²) in [6, 6.07) is 3.77. The molecule has 0 saturated carbocycles. The highest BCUT2D eigenvalue weighted by atomic mass is 16.5. The minimum absolute atomic E-state index is 0.0454. The summed E-state index contributed by atoms with van der Waals surface area (Å²) in [5, 5.41) is 2.64. The summed E-state index contributed by atoms with van der Waals surface area (Å²) in [6.45, 7) is 5.03. The van der Waals surface area contributed by atoms with Crippen molar-refractivity contribution in [3.63, 3.8) is 0 Å². The predicted octanol–water partition coefficient (Wildman–Crippen LogP) is 0.134. The van der Waals surface area contributed by atoms with Gasteiger partial charge in [0.2, 0.25) is 0 Å². The van der Waals surface area contributed by atoms with E-state index in [-0.39, 0.29) is 12.6 Å². The lowest BCUT2D eigenvalue weighted by atomic mass is 10.1. The number of carbonyl (C=O) groups excluding carboxylic acids is 2.